The van der Waals surface area contributed by atoms with Crippen molar-refractivity contribution in [1.29, 1.82) is 0 Å². The highest BCUT2D eigenvalue weighted by molar-refractivity contribution is 7.16. The number of aliphatic hydroxyl groups excluding tert-OH is 1. The fourth-order valence-electron chi connectivity index (χ4n) is 4.23. The van der Waals surface area contributed by atoms with Crippen LogP contribution in [0.2, 0.25) is 5.15 Å². The van der Waals surface area contributed by atoms with Crippen molar-refractivity contribution in [2.24, 2.45) is 0 Å². The lowest BCUT2D eigenvalue weighted by Gasteiger charge is -2.23. The molecule has 4 rings (SSSR count). The van der Waals surface area contributed by atoms with Crippen molar-refractivity contribution < 1.29 is 23.0 Å². The minimum absolute atomic E-state index is 0.191. The number of benzene rings is 1. The van der Waals surface area contributed by atoms with Crippen LogP contribution in [-0.4, -0.2) is 44.7 Å². The normalized spacial score (nSPS) is 17.5. The molecule has 1 unspecified atom stereocenters. The summed E-state index contributed by atoms with van der Waals surface area (Å²) in [5.74, 6) is -0.251. The van der Waals surface area contributed by atoms with E-state index in [1.54, 1.807) is 6.07 Å². The first-order chi connectivity index (χ1) is 16.7. The molecule has 35 heavy (non-hydrogen) atoms. The lowest BCUT2D eigenvalue weighted by Crippen LogP contribution is -2.28. The Balaban J connectivity index is 1.70. The summed E-state index contributed by atoms with van der Waals surface area (Å²) < 4.78 is 46.0. The number of ether oxygens (including phenoxy) is 1. The predicted molar refractivity (Wildman–Crippen MR) is 128 cm³/mol. The van der Waals surface area contributed by atoms with Crippen LogP contribution < -0.4 is 10.1 Å². The van der Waals surface area contributed by atoms with Gasteiger partial charge < -0.3 is 15.2 Å². The highest BCUT2D eigenvalue weighted by atomic mass is 35.5. The third kappa shape index (κ3) is 5.85. The summed E-state index contributed by atoms with van der Waals surface area (Å²) in [6.45, 7) is 3.60. The van der Waals surface area contributed by atoms with Gasteiger partial charge in [0.1, 0.15) is 16.6 Å². The number of nitrogens with one attached hydrogen (secondary N) is 1. The van der Waals surface area contributed by atoms with E-state index < -0.39 is 18.0 Å². The highest BCUT2D eigenvalue weighted by Gasteiger charge is 2.35. The van der Waals surface area contributed by atoms with Crippen LogP contribution in [0.3, 0.4) is 0 Å². The lowest BCUT2D eigenvalue weighted by molar-refractivity contribution is -0.138. The maximum absolute atomic E-state index is 13.7. The molecule has 2 aromatic heterocycles. The molecule has 0 bridgehead atoms. The van der Waals surface area contributed by atoms with Gasteiger partial charge in [-0.25, -0.2) is 9.97 Å². The average molecular weight is 528 g/mol. The molecule has 1 aliphatic heterocycles. The number of hydrogen-bond donors (Lipinski definition) is 2. The number of methoxy groups -OCH3 is 1. The first-order valence-electron chi connectivity index (χ1n) is 11.1. The van der Waals surface area contributed by atoms with E-state index >= 15 is 0 Å². The van der Waals surface area contributed by atoms with Crippen molar-refractivity contribution in [2.45, 2.75) is 51.2 Å². The largest absolute Gasteiger partial charge is 0.496 e. The minimum Gasteiger partial charge on any atom is -0.496 e. The van der Waals surface area contributed by atoms with Crippen LogP contribution >= 0.6 is 22.9 Å². The van der Waals surface area contributed by atoms with Crippen LogP contribution in [0.4, 0.5) is 18.3 Å². The molecule has 3 aromatic rings. The van der Waals surface area contributed by atoms with Crippen LogP contribution in [0.1, 0.15) is 48.5 Å². The number of alkyl halides is 3. The van der Waals surface area contributed by atoms with E-state index in [1.807, 2.05) is 0 Å². The number of halogens is 4. The summed E-state index contributed by atoms with van der Waals surface area (Å²) in [6.07, 6.45) is 0.0116. The molecule has 7 nitrogen and oxygen atoms in total. The van der Waals surface area contributed by atoms with E-state index in [2.05, 4.69) is 32.1 Å². The predicted octanol–water partition coefficient (Wildman–Crippen LogP) is 5.76. The molecule has 0 spiro atoms. The van der Waals surface area contributed by atoms with Crippen LogP contribution in [0, 0.1) is 0 Å². The first-order valence-corrected chi connectivity index (χ1v) is 12.3. The Bertz CT molecular complexity index is 1160. The van der Waals surface area contributed by atoms with Gasteiger partial charge >= 0.3 is 6.18 Å². The molecule has 12 heteroatoms. The average Bonchev–Trinajstić information content (AvgIpc) is 3.45. The zero-order chi connectivity index (χ0) is 25.2. The van der Waals surface area contributed by atoms with Gasteiger partial charge in [0.15, 0.2) is 11.4 Å². The second kappa shape index (κ2) is 10.7. The van der Waals surface area contributed by atoms with Gasteiger partial charge in [0.2, 0.25) is 0 Å². The van der Waals surface area contributed by atoms with Crippen molar-refractivity contribution in [3.05, 3.63) is 51.9 Å². The maximum Gasteiger partial charge on any atom is 0.419 e. The van der Waals surface area contributed by atoms with Crippen LogP contribution in [0.25, 0.3) is 11.3 Å². The molecule has 3 heterocycles. The van der Waals surface area contributed by atoms with E-state index in [-0.39, 0.29) is 16.6 Å². The summed E-state index contributed by atoms with van der Waals surface area (Å²) in [5.41, 5.74) is 0.129. The molecular formula is C23H25ClF3N5O2S. The van der Waals surface area contributed by atoms with Gasteiger partial charge in [0.05, 0.1) is 30.8 Å². The molecule has 0 aliphatic carbocycles. The molecule has 2 atom stereocenters. The summed E-state index contributed by atoms with van der Waals surface area (Å²) >= 11 is 7.05. The molecule has 188 valence electrons. The zero-order valence-electron chi connectivity index (χ0n) is 19.1. The Morgan fingerprint density at radius 2 is 2.11 bits per heavy atom. The van der Waals surface area contributed by atoms with Gasteiger partial charge in [0, 0.05) is 23.0 Å². The number of aliphatic hydroxyl groups is 1. The SMILES string of the molecule is CC[C@@H]1CCCN1Cc1sc(NC(O)c2cnc(Cl)cn2)nc1-c1ccc(OC)c(C(F)(F)F)c1. The molecule has 2 N–H and O–H groups in total. The Labute approximate surface area is 210 Å². The summed E-state index contributed by atoms with van der Waals surface area (Å²) in [7, 11) is 1.21. The van der Waals surface area contributed by atoms with Gasteiger partial charge in [-0.15, -0.1) is 11.3 Å². The lowest BCUT2D eigenvalue weighted by atomic mass is 10.1. The second-order valence-corrected chi connectivity index (χ2v) is 9.66. The fourth-order valence-corrected chi connectivity index (χ4v) is 5.36. The van der Waals surface area contributed by atoms with Crippen LogP contribution in [0.5, 0.6) is 5.75 Å². The molecule has 1 fully saturated rings. The molecule has 1 aliphatic rings. The number of anilines is 1. The topological polar surface area (TPSA) is 83.4 Å². The van der Waals surface area contributed by atoms with Crippen LogP contribution in [0.15, 0.2) is 30.6 Å². The smallest absolute Gasteiger partial charge is 0.419 e. The fraction of sp³-hybridized carbons (Fsp3) is 0.435. The molecule has 0 amide bonds. The van der Waals surface area contributed by atoms with E-state index in [9.17, 15) is 18.3 Å². The highest BCUT2D eigenvalue weighted by Crippen LogP contribution is 2.41. The molecule has 0 radical (unpaired) electrons. The van der Waals surface area contributed by atoms with Gasteiger partial charge in [0.25, 0.3) is 0 Å². The van der Waals surface area contributed by atoms with Crippen LogP contribution in [-0.2, 0) is 12.7 Å². The number of aromatic nitrogens is 3. The van der Waals surface area contributed by atoms with Gasteiger partial charge in [-0.2, -0.15) is 13.2 Å². The third-order valence-corrected chi connectivity index (χ3v) is 7.14. The van der Waals surface area contributed by atoms with Crippen molar-refractivity contribution in [3.8, 4) is 17.0 Å². The number of hydrogen-bond acceptors (Lipinski definition) is 8. The second-order valence-electron chi connectivity index (χ2n) is 8.19. The van der Waals surface area contributed by atoms with Crippen molar-refractivity contribution >= 4 is 28.1 Å². The molecular weight excluding hydrogens is 503 g/mol. The Morgan fingerprint density at radius 3 is 2.77 bits per heavy atom. The number of thiazole rings is 1. The maximum atomic E-state index is 13.7. The van der Waals surface area contributed by atoms with Crippen molar-refractivity contribution in [3.63, 3.8) is 0 Å². The van der Waals surface area contributed by atoms with Gasteiger partial charge in [-0.05, 0) is 44.0 Å². The molecule has 0 saturated carbocycles. The van der Waals surface area contributed by atoms with E-state index in [4.69, 9.17) is 16.3 Å². The standard InChI is InChI=1S/C23H25ClF3N5O2S/c1-3-14-5-4-8-32(14)12-18-20(13-6-7-17(34-2)15(9-13)23(25,26)27)30-22(35-18)31-21(33)16-10-29-19(24)11-28-16/h6-7,9-11,14,21,33H,3-5,8,12H2,1-2H3,(H,30,31)/t14-,21?/m1/s1. The summed E-state index contributed by atoms with van der Waals surface area (Å²) in [4.78, 5) is 15.7. The summed E-state index contributed by atoms with van der Waals surface area (Å²) in [6, 6.07) is 4.34. The van der Waals surface area contributed by atoms with Crippen molar-refractivity contribution in [2.75, 3.05) is 19.0 Å². The van der Waals surface area contributed by atoms with Gasteiger partial charge in [-0.1, -0.05) is 18.5 Å². The monoisotopic (exact) mass is 527 g/mol. The third-order valence-electron chi connectivity index (χ3n) is 5.97. The summed E-state index contributed by atoms with van der Waals surface area (Å²) in [5, 5.41) is 14.0. The van der Waals surface area contributed by atoms with E-state index in [0.29, 0.717) is 29.0 Å². The Kier molecular flexibility index (Phi) is 7.80. The van der Waals surface area contributed by atoms with Crippen molar-refractivity contribution in [1.82, 2.24) is 19.9 Å². The molecule has 1 aromatic carbocycles. The Morgan fingerprint density at radius 1 is 1.31 bits per heavy atom. The zero-order valence-corrected chi connectivity index (χ0v) is 20.7. The number of rotatable bonds is 8. The molecule has 1 saturated heterocycles. The number of nitrogens with zero attached hydrogens (tertiary/aromatic N) is 4. The number of likely N-dealkylation sites (tertiary alicyclic amines) is 1. The Hall–Kier alpha value is -2.47. The minimum atomic E-state index is -4.58. The van der Waals surface area contributed by atoms with E-state index in [0.717, 1.165) is 36.8 Å². The quantitative estimate of drug-likeness (QED) is 0.360. The van der Waals surface area contributed by atoms with E-state index in [1.165, 1.54) is 36.9 Å². The van der Waals surface area contributed by atoms with Gasteiger partial charge in [-0.3, -0.25) is 9.88 Å². The first kappa shape index (κ1) is 25.6.